The lowest BCUT2D eigenvalue weighted by atomic mass is 10.4. The van der Waals surface area contributed by atoms with E-state index in [1.165, 1.54) is 0 Å². The van der Waals surface area contributed by atoms with E-state index >= 15 is 0 Å². The van der Waals surface area contributed by atoms with E-state index in [4.69, 9.17) is 9.94 Å². The second kappa shape index (κ2) is 3.71. The highest BCUT2D eigenvalue weighted by Crippen LogP contribution is 1.99. The summed E-state index contributed by atoms with van der Waals surface area (Å²) in [5, 5.41) is 10.7. The molecule has 1 heterocycles. The molecule has 1 N–H and O–H groups in total. The third-order valence-electron chi connectivity index (χ3n) is 1.30. The molecule has 0 bridgehead atoms. The smallest absolute Gasteiger partial charge is 0.0867 e. The number of aliphatic hydroxyl groups is 1. The van der Waals surface area contributed by atoms with Crippen LogP contribution in [0.5, 0.6) is 0 Å². The van der Waals surface area contributed by atoms with E-state index in [1.54, 1.807) is 12.0 Å². The minimum absolute atomic E-state index is 0.313. The van der Waals surface area contributed by atoms with E-state index in [0.717, 1.165) is 6.54 Å². The van der Waals surface area contributed by atoms with Crippen LogP contribution >= 0.6 is 0 Å². The molecular weight excluding hydrogens is 130 g/mol. The predicted molar refractivity (Wildman–Crippen MR) is 38.3 cm³/mol. The number of nitrogens with zero attached hydrogens (tertiary/aromatic N) is 1. The minimum Gasteiger partial charge on any atom is -0.392 e. The molecule has 1 aliphatic heterocycles. The van der Waals surface area contributed by atoms with Gasteiger partial charge in [-0.2, -0.15) is 5.06 Å². The molecule has 0 radical (unpaired) electrons. The fourth-order valence-corrected chi connectivity index (χ4v) is 0.883. The van der Waals surface area contributed by atoms with Crippen molar-refractivity contribution in [1.29, 1.82) is 0 Å². The molecule has 3 nitrogen and oxygen atoms in total. The molecule has 3 heteroatoms. The third-order valence-corrected chi connectivity index (χ3v) is 1.30. The Morgan fingerprint density at radius 2 is 2.50 bits per heavy atom. The van der Waals surface area contributed by atoms with Crippen molar-refractivity contribution in [2.24, 2.45) is 0 Å². The highest BCUT2D eigenvalue weighted by molar-refractivity contribution is 4.86. The highest BCUT2D eigenvalue weighted by Gasteiger charge is 2.08. The third kappa shape index (κ3) is 2.47. The first kappa shape index (κ1) is 7.72. The van der Waals surface area contributed by atoms with Gasteiger partial charge >= 0.3 is 0 Å². The van der Waals surface area contributed by atoms with Crippen LogP contribution in [0.25, 0.3) is 0 Å². The SMILES string of the molecule is CC(O)CN1CC=CCO1. The van der Waals surface area contributed by atoms with Crippen molar-refractivity contribution >= 4 is 0 Å². The molecule has 1 rings (SSSR count). The van der Waals surface area contributed by atoms with Crippen LogP contribution in [0.15, 0.2) is 12.2 Å². The first-order chi connectivity index (χ1) is 4.79. The molecule has 1 atom stereocenters. The fraction of sp³-hybridized carbons (Fsp3) is 0.714. The zero-order valence-corrected chi connectivity index (χ0v) is 6.16. The summed E-state index contributed by atoms with van der Waals surface area (Å²) in [5.41, 5.74) is 0. The second-order valence-electron chi connectivity index (χ2n) is 2.46. The van der Waals surface area contributed by atoms with Gasteiger partial charge in [0.15, 0.2) is 0 Å². The maximum Gasteiger partial charge on any atom is 0.0867 e. The number of rotatable bonds is 2. The predicted octanol–water partition coefficient (Wildman–Crippen LogP) is 0.171. The van der Waals surface area contributed by atoms with Gasteiger partial charge in [0, 0.05) is 6.54 Å². The van der Waals surface area contributed by atoms with Crippen LogP contribution in [0.3, 0.4) is 0 Å². The van der Waals surface area contributed by atoms with Crippen LogP contribution in [0.4, 0.5) is 0 Å². The van der Waals surface area contributed by atoms with Crippen LogP contribution in [0.2, 0.25) is 0 Å². The quantitative estimate of drug-likeness (QED) is 0.559. The van der Waals surface area contributed by atoms with Crippen molar-refractivity contribution in [3.05, 3.63) is 12.2 Å². The van der Waals surface area contributed by atoms with Crippen molar-refractivity contribution in [1.82, 2.24) is 5.06 Å². The van der Waals surface area contributed by atoms with Gasteiger partial charge in [0.05, 0.1) is 19.3 Å². The van der Waals surface area contributed by atoms with Crippen molar-refractivity contribution in [2.75, 3.05) is 19.7 Å². The first-order valence-electron chi connectivity index (χ1n) is 3.50. The monoisotopic (exact) mass is 143 g/mol. The normalized spacial score (nSPS) is 23.0. The fourth-order valence-electron chi connectivity index (χ4n) is 0.883. The van der Waals surface area contributed by atoms with Crippen molar-refractivity contribution in [2.45, 2.75) is 13.0 Å². The maximum atomic E-state index is 8.96. The van der Waals surface area contributed by atoms with Gasteiger partial charge in [-0.25, -0.2) is 0 Å². The molecule has 58 valence electrons. The number of aliphatic hydroxyl groups excluding tert-OH is 1. The Bertz CT molecular complexity index is 123. The van der Waals surface area contributed by atoms with E-state index in [0.29, 0.717) is 13.2 Å². The van der Waals surface area contributed by atoms with E-state index < -0.39 is 0 Å². The van der Waals surface area contributed by atoms with Crippen LogP contribution < -0.4 is 0 Å². The van der Waals surface area contributed by atoms with Crippen LogP contribution in [0, 0.1) is 0 Å². The number of hydrogen-bond donors (Lipinski definition) is 1. The lowest BCUT2D eigenvalue weighted by molar-refractivity contribution is -0.159. The number of hydrogen-bond acceptors (Lipinski definition) is 3. The largest absolute Gasteiger partial charge is 0.392 e. The summed E-state index contributed by atoms with van der Waals surface area (Å²) in [7, 11) is 0. The summed E-state index contributed by atoms with van der Waals surface area (Å²) in [4.78, 5) is 5.18. The molecule has 0 fully saturated rings. The maximum absolute atomic E-state index is 8.96. The Morgan fingerprint density at radius 1 is 1.70 bits per heavy atom. The van der Waals surface area contributed by atoms with Gasteiger partial charge in [0.25, 0.3) is 0 Å². The molecule has 10 heavy (non-hydrogen) atoms. The van der Waals surface area contributed by atoms with Crippen molar-refractivity contribution in [3.63, 3.8) is 0 Å². The van der Waals surface area contributed by atoms with Gasteiger partial charge < -0.3 is 5.11 Å². The molecule has 0 amide bonds. The molecule has 0 aromatic carbocycles. The Hall–Kier alpha value is -0.380. The summed E-state index contributed by atoms with van der Waals surface area (Å²) < 4.78 is 0. The Morgan fingerprint density at radius 3 is 3.00 bits per heavy atom. The Kier molecular flexibility index (Phi) is 2.86. The molecule has 0 aromatic rings. The minimum atomic E-state index is -0.313. The molecule has 0 saturated carbocycles. The van der Waals surface area contributed by atoms with Gasteiger partial charge in [-0.1, -0.05) is 12.2 Å². The Balaban J connectivity index is 2.22. The van der Waals surface area contributed by atoms with Gasteiger partial charge in [-0.3, -0.25) is 4.84 Å². The Labute approximate surface area is 60.9 Å². The summed E-state index contributed by atoms with van der Waals surface area (Å²) >= 11 is 0. The zero-order chi connectivity index (χ0) is 7.40. The van der Waals surface area contributed by atoms with E-state index in [1.807, 2.05) is 12.2 Å². The van der Waals surface area contributed by atoms with Gasteiger partial charge in [0.1, 0.15) is 0 Å². The molecular formula is C7H13NO2. The molecule has 0 saturated heterocycles. The molecule has 0 aromatic heterocycles. The molecule has 1 unspecified atom stereocenters. The molecule has 0 spiro atoms. The molecule has 1 aliphatic rings. The lowest BCUT2D eigenvalue weighted by Crippen LogP contribution is -2.33. The highest BCUT2D eigenvalue weighted by atomic mass is 16.7. The standard InChI is InChI=1S/C7H13NO2/c1-7(9)6-8-4-2-3-5-10-8/h2-3,7,9H,4-6H2,1H3. The molecule has 0 aliphatic carbocycles. The van der Waals surface area contributed by atoms with Crippen LogP contribution in [0.1, 0.15) is 6.92 Å². The first-order valence-corrected chi connectivity index (χ1v) is 3.50. The second-order valence-corrected chi connectivity index (χ2v) is 2.46. The van der Waals surface area contributed by atoms with E-state index in [2.05, 4.69) is 0 Å². The average molecular weight is 143 g/mol. The summed E-state index contributed by atoms with van der Waals surface area (Å²) in [6, 6.07) is 0. The van der Waals surface area contributed by atoms with Gasteiger partial charge in [-0.15, -0.1) is 0 Å². The topological polar surface area (TPSA) is 32.7 Å². The number of hydroxylamine groups is 2. The van der Waals surface area contributed by atoms with Gasteiger partial charge in [0.2, 0.25) is 0 Å². The van der Waals surface area contributed by atoms with E-state index in [9.17, 15) is 0 Å². The van der Waals surface area contributed by atoms with Crippen molar-refractivity contribution in [3.8, 4) is 0 Å². The number of β-amino-alcohol motifs (C(OH)–C–C–N with tert-alkyl or cyclic N) is 1. The lowest BCUT2D eigenvalue weighted by Gasteiger charge is -2.23. The summed E-state index contributed by atoms with van der Waals surface area (Å²) in [5.74, 6) is 0. The van der Waals surface area contributed by atoms with Crippen LogP contribution in [-0.2, 0) is 4.84 Å². The van der Waals surface area contributed by atoms with E-state index in [-0.39, 0.29) is 6.10 Å². The summed E-state index contributed by atoms with van der Waals surface area (Å²) in [6.45, 7) is 3.75. The average Bonchev–Trinajstić information content (AvgIpc) is 1.88. The van der Waals surface area contributed by atoms with Crippen LogP contribution in [-0.4, -0.2) is 36.0 Å². The summed E-state index contributed by atoms with van der Waals surface area (Å²) in [6.07, 6.45) is 3.69. The van der Waals surface area contributed by atoms with Gasteiger partial charge in [-0.05, 0) is 6.92 Å². The zero-order valence-electron chi connectivity index (χ0n) is 6.16. The van der Waals surface area contributed by atoms with Crippen molar-refractivity contribution < 1.29 is 9.94 Å².